The number of phosphoric acid groups is 1. The second-order valence-electron chi connectivity index (χ2n) is 17.5. The predicted molar refractivity (Wildman–Crippen MR) is 250 cm³/mol. The van der Waals surface area contributed by atoms with Gasteiger partial charge in [-0.05, 0) is 51.4 Å². The Labute approximate surface area is 369 Å². The van der Waals surface area contributed by atoms with Crippen molar-refractivity contribution in [1.82, 2.24) is 0 Å². The van der Waals surface area contributed by atoms with Crippen molar-refractivity contribution < 1.29 is 42.1 Å². The molecular formula is C50H92NO8P. The van der Waals surface area contributed by atoms with Gasteiger partial charge in [-0.3, -0.25) is 14.2 Å². The monoisotopic (exact) mass is 866 g/mol. The van der Waals surface area contributed by atoms with Crippen LogP contribution in [0.5, 0.6) is 0 Å². The lowest BCUT2D eigenvalue weighted by molar-refractivity contribution is -0.870. The van der Waals surface area contributed by atoms with Crippen molar-refractivity contribution in [2.45, 2.75) is 213 Å². The second kappa shape index (κ2) is 42.3. The van der Waals surface area contributed by atoms with Gasteiger partial charge in [0.05, 0.1) is 27.7 Å². The van der Waals surface area contributed by atoms with E-state index in [0.717, 1.165) is 70.6 Å². The van der Waals surface area contributed by atoms with Crippen LogP contribution in [0.3, 0.4) is 0 Å². The van der Waals surface area contributed by atoms with E-state index in [1.807, 2.05) is 21.1 Å². The first-order valence-corrected chi connectivity index (χ1v) is 25.8. The molecule has 0 bridgehead atoms. The summed E-state index contributed by atoms with van der Waals surface area (Å²) in [6.07, 6.45) is 49.9. The number of allylic oxidation sites excluding steroid dienone is 8. The summed E-state index contributed by atoms with van der Waals surface area (Å²) in [6, 6.07) is 0. The Balaban J connectivity index is 4.29. The summed E-state index contributed by atoms with van der Waals surface area (Å²) in [4.78, 5) is 37.7. The SMILES string of the molecule is CC/C=C\C/C=C\C/C=C\C/C=C\CCCCCCCCCCC(=O)OC(COC(=O)CCCCCCCCCCCCCCCCC)COP(=O)([O-])OCC[N+](C)(C)C. The molecule has 0 saturated carbocycles. The molecule has 60 heavy (non-hydrogen) atoms. The number of carbonyl (C=O) groups excluding carboxylic acids is 2. The van der Waals surface area contributed by atoms with E-state index < -0.39 is 26.5 Å². The van der Waals surface area contributed by atoms with Crippen molar-refractivity contribution in [3.63, 3.8) is 0 Å². The first-order valence-electron chi connectivity index (χ1n) is 24.3. The molecule has 0 aliphatic rings. The lowest BCUT2D eigenvalue weighted by atomic mass is 10.0. The van der Waals surface area contributed by atoms with Crippen LogP contribution in [0.4, 0.5) is 0 Å². The summed E-state index contributed by atoms with van der Waals surface area (Å²) in [5, 5.41) is 0. The van der Waals surface area contributed by atoms with Gasteiger partial charge in [0.2, 0.25) is 0 Å². The van der Waals surface area contributed by atoms with Gasteiger partial charge in [-0.15, -0.1) is 0 Å². The summed E-state index contributed by atoms with van der Waals surface area (Å²) in [6.45, 7) is 4.12. The molecule has 10 heteroatoms. The van der Waals surface area contributed by atoms with Crippen LogP contribution in [0.1, 0.15) is 206 Å². The third-order valence-corrected chi connectivity index (χ3v) is 11.3. The van der Waals surface area contributed by atoms with Crippen molar-refractivity contribution in [3.05, 3.63) is 48.6 Å². The molecular weight excluding hydrogens is 774 g/mol. The van der Waals surface area contributed by atoms with Crippen LogP contribution in [-0.4, -0.2) is 70.0 Å². The average molecular weight is 866 g/mol. The molecule has 0 rings (SSSR count). The largest absolute Gasteiger partial charge is 0.756 e. The van der Waals surface area contributed by atoms with Gasteiger partial charge in [0.15, 0.2) is 6.10 Å². The van der Waals surface area contributed by atoms with E-state index in [1.165, 1.54) is 103 Å². The molecule has 0 fully saturated rings. The van der Waals surface area contributed by atoms with Crippen molar-refractivity contribution in [1.29, 1.82) is 0 Å². The average Bonchev–Trinajstić information content (AvgIpc) is 3.20. The predicted octanol–water partition coefficient (Wildman–Crippen LogP) is 13.6. The van der Waals surface area contributed by atoms with Crippen LogP contribution in [-0.2, 0) is 32.7 Å². The van der Waals surface area contributed by atoms with E-state index in [4.69, 9.17) is 18.5 Å². The van der Waals surface area contributed by atoms with E-state index in [1.54, 1.807) is 0 Å². The molecule has 0 aromatic rings. The molecule has 2 unspecified atom stereocenters. The van der Waals surface area contributed by atoms with E-state index in [2.05, 4.69) is 62.5 Å². The summed E-state index contributed by atoms with van der Waals surface area (Å²) in [7, 11) is 1.16. The van der Waals surface area contributed by atoms with Crippen molar-refractivity contribution in [2.75, 3.05) is 47.5 Å². The summed E-state index contributed by atoms with van der Waals surface area (Å²) < 4.78 is 34.0. The van der Waals surface area contributed by atoms with E-state index in [0.29, 0.717) is 17.4 Å². The normalized spacial score (nSPS) is 13.9. The Morgan fingerprint density at radius 1 is 0.533 bits per heavy atom. The maximum atomic E-state index is 12.7. The third kappa shape index (κ3) is 45.5. The summed E-state index contributed by atoms with van der Waals surface area (Å²) in [5.41, 5.74) is 0. The van der Waals surface area contributed by atoms with Crippen LogP contribution in [0.15, 0.2) is 48.6 Å². The molecule has 9 nitrogen and oxygen atoms in total. The summed E-state index contributed by atoms with van der Waals surface area (Å²) >= 11 is 0. The number of nitrogens with zero attached hydrogens (tertiary/aromatic N) is 1. The topological polar surface area (TPSA) is 111 Å². The number of unbranched alkanes of at least 4 members (excludes halogenated alkanes) is 22. The number of likely N-dealkylation sites (N-methyl/N-ethyl adjacent to an activating group) is 1. The zero-order chi connectivity index (χ0) is 44.3. The number of hydrogen-bond acceptors (Lipinski definition) is 8. The highest BCUT2D eigenvalue weighted by molar-refractivity contribution is 7.45. The highest BCUT2D eigenvalue weighted by Crippen LogP contribution is 2.38. The van der Waals surface area contributed by atoms with Gasteiger partial charge in [0.1, 0.15) is 19.8 Å². The second-order valence-corrected chi connectivity index (χ2v) is 18.9. The van der Waals surface area contributed by atoms with Crippen molar-refractivity contribution in [2.24, 2.45) is 0 Å². The highest BCUT2D eigenvalue weighted by atomic mass is 31.2. The maximum Gasteiger partial charge on any atom is 0.306 e. The first kappa shape index (κ1) is 58.0. The van der Waals surface area contributed by atoms with Crippen molar-refractivity contribution >= 4 is 19.8 Å². The van der Waals surface area contributed by atoms with Crippen LogP contribution in [0, 0.1) is 0 Å². The number of phosphoric ester groups is 1. The molecule has 0 spiro atoms. The number of rotatable bonds is 44. The Bertz CT molecular complexity index is 1160. The Kier molecular flexibility index (Phi) is 40.8. The fourth-order valence-corrected chi connectivity index (χ4v) is 7.32. The molecule has 0 aromatic heterocycles. The van der Waals surface area contributed by atoms with Gasteiger partial charge < -0.3 is 27.9 Å². The number of quaternary nitrogens is 1. The molecule has 0 aliphatic heterocycles. The van der Waals surface area contributed by atoms with Gasteiger partial charge in [-0.2, -0.15) is 0 Å². The number of ether oxygens (including phenoxy) is 2. The fourth-order valence-electron chi connectivity index (χ4n) is 6.59. The lowest BCUT2D eigenvalue weighted by Crippen LogP contribution is -2.37. The number of carbonyl (C=O) groups is 2. The van der Waals surface area contributed by atoms with Crippen LogP contribution in [0.25, 0.3) is 0 Å². The minimum absolute atomic E-state index is 0.0327. The summed E-state index contributed by atoms with van der Waals surface area (Å²) in [5.74, 6) is -0.838. The number of hydrogen-bond donors (Lipinski definition) is 0. The first-order chi connectivity index (χ1) is 29.0. The molecule has 0 aliphatic carbocycles. The van der Waals surface area contributed by atoms with Crippen LogP contribution < -0.4 is 4.89 Å². The molecule has 0 heterocycles. The van der Waals surface area contributed by atoms with E-state index in [9.17, 15) is 19.0 Å². The Morgan fingerprint density at radius 2 is 0.950 bits per heavy atom. The molecule has 0 N–H and O–H groups in total. The van der Waals surface area contributed by atoms with E-state index in [-0.39, 0.29) is 32.0 Å². The third-order valence-electron chi connectivity index (χ3n) is 10.4. The van der Waals surface area contributed by atoms with Crippen LogP contribution >= 0.6 is 7.82 Å². The minimum atomic E-state index is -4.63. The lowest BCUT2D eigenvalue weighted by Gasteiger charge is -2.28. The molecule has 350 valence electrons. The number of esters is 2. The smallest absolute Gasteiger partial charge is 0.306 e. The van der Waals surface area contributed by atoms with E-state index >= 15 is 0 Å². The van der Waals surface area contributed by atoms with Gasteiger partial charge in [0, 0.05) is 12.8 Å². The zero-order valence-corrected chi connectivity index (χ0v) is 40.3. The Hall–Kier alpha value is -2.03. The van der Waals surface area contributed by atoms with Gasteiger partial charge in [-0.25, -0.2) is 0 Å². The molecule has 2 atom stereocenters. The Morgan fingerprint density at radius 3 is 1.42 bits per heavy atom. The van der Waals surface area contributed by atoms with Crippen LogP contribution in [0.2, 0.25) is 0 Å². The molecule has 0 saturated heterocycles. The van der Waals surface area contributed by atoms with Gasteiger partial charge >= 0.3 is 11.9 Å². The molecule has 0 radical (unpaired) electrons. The zero-order valence-electron chi connectivity index (χ0n) is 39.4. The highest BCUT2D eigenvalue weighted by Gasteiger charge is 2.21. The molecule has 0 amide bonds. The maximum absolute atomic E-state index is 12.7. The quantitative estimate of drug-likeness (QED) is 0.0196. The fraction of sp³-hybridized carbons (Fsp3) is 0.800. The molecule has 0 aromatic carbocycles. The standard InChI is InChI=1S/C50H92NO8P/c1-6-8-10-12-14-16-18-20-22-23-24-25-26-27-29-31-33-35-37-39-41-43-50(53)59-48(47-58-60(54,55)57-45-44-51(3,4)5)46-56-49(52)42-40-38-36-34-32-30-28-21-19-17-15-13-11-9-7-2/h8,10,14,16,20,22,24-25,48H,6-7,9,11-13,15,17-19,21,23,26-47H2,1-5H3/b10-8-,16-14-,22-20-,25-24-. The minimum Gasteiger partial charge on any atom is -0.756 e. The van der Waals surface area contributed by atoms with Crippen molar-refractivity contribution in [3.8, 4) is 0 Å². The van der Waals surface area contributed by atoms with Gasteiger partial charge in [0.25, 0.3) is 7.82 Å². The van der Waals surface area contributed by atoms with Gasteiger partial charge in [-0.1, -0.05) is 191 Å².